The first kappa shape index (κ1) is 16.2. The lowest BCUT2D eigenvalue weighted by atomic mass is 10.1. The Bertz CT molecular complexity index is 1200. The number of pyridine rings is 1. The van der Waals surface area contributed by atoms with E-state index in [1.165, 1.54) is 23.6 Å². The third-order valence-corrected chi connectivity index (χ3v) is 5.03. The van der Waals surface area contributed by atoms with E-state index >= 15 is 0 Å². The number of H-pyrrole nitrogens is 1. The number of benzene rings is 1. The highest BCUT2D eigenvalue weighted by Gasteiger charge is 2.17. The normalized spacial score (nSPS) is 11.1. The second kappa shape index (κ2) is 6.19. The second-order valence-electron chi connectivity index (χ2n) is 5.79. The highest BCUT2D eigenvalue weighted by molar-refractivity contribution is 7.17. The Balaban J connectivity index is 1.76. The summed E-state index contributed by atoms with van der Waals surface area (Å²) in [6.07, 6.45) is 3.09. The molecule has 130 valence electrons. The average Bonchev–Trinajstić information content (AvgIpc) is 3.09. The van der Waals surface area contributed by atoms with Crippen molar-refractivity contribution < 1.29 is 4.92 Å². The van der Waals surface area contributed by atoms with Crippen molar-refractivity contribution in [1.29, 1.82) is 0 Å². The SMILES string of the molecule is CN(Cc1nc2ccsc2c(=O)[nH]1)c1ccc([N+](=O)[O-])c2cnccc12. The molecule has 3 heterocycles. The number of nitro groups is 1. The van der Waals surface area contributed by atoms with E-state index in [4.69, 9.17) is 0 Å². The molecule has 4 rings (SSSR count). The van der Waals surface area contributed by atoms with Crippen LogP contribution in [0.4, 0.5) is 11.4 Å². The number of fused-ring (bicyclic) bond motifs is 2. The molecule has 0 fully saturated rings. The summed E-state index contributed by atoms with van der Waals surface area (Å²) in [6, 6.07) is 6.72. The molecule has 0 aliphatic heterocycles. The zero-order valence-corrected chi connectivity index (χ0v) is 14.5. The lowest BCUT2D eigenvalue weighted by molar-refractivity contribution is -0.383. The van der Waals surface area contributed by atoms with Gasteiger partial charge in [0.25, 0.3) is 11.2 Å². The molecule has 8 nitrogen and oxygen atoms in total. The van der Waals surface area contributed by atoms with Gasteiger partial charge in [0.05, 0.1) is 22.4 Å². The number of nitrogens with zero attached hydrogens (tertiary/aromatic N) is 4. The molecule has 0 amide bonds. The third-order valence-electron chi connectivity index (χ3n) is 4.13. The highest BCUT2D eigenvalue weighted by Crippen LogP contribution is 2.32. The summed E-state index contributed by atoms with van der Waals surface area (Å²) in [6.45, 7) is 0.357. The van der Waals surface area contributed by atoms with Crippen LogP contribution < -0.4 is 10.5 Å². The van der Waals surface area contributed by atoms with Crippen LogP contribution in [0.5, 0.6) is 0 Å². The predicted molar refractivity (Wildman–Crippen MR) is 101 cm³/mol. The Morgan fingerprint density at radius 3 is 2.92 bits per heavy atom. The van der Waals surface area contributed by atoms with Crippen LogP contribution in [0.15, 0.2) is 46.8 Å². The number of aromatic amines is 1. The van der Waals surface area contributed by atoms with E-state index in [0.717, 1.165) is 11.1 Å². The summed E-state index contributed by atoms with van der Waals surface area (Å²) in [5.41, 5.74) is 1.31. The van der Waals surface area contributed by atoms with E-state index in [9.17, 15) is 14.9 Å². The summed E-state index contributed by atoms with van der Waals surface area (Å²) in [5.74, 6) is 0.531. The molecule has 0 radical (unpaired) electrons. The fourth-order valence-corrected chi connectivity index (χ4v) is 3.68. The second-order valence-corrected chi connectivity index (χ2v) is 6.70. The van der Waals surface area contributed by atoms with Crippen molar-refractivity contribution in [3.63, 3.8) is 0 Å². The highest BCUT2D eigenvalue weighted by atomic mass is 32.1. The minimum atomic E-state index is -0.419. The predicted octanol–water partition coefficient (Wildman–Crippen LogP) is 3.08. The minimum Gasteiger partial charge on any atom is -0.367 e. The number of hydrogen-bond acceptors (Lipinski definition) is 7. The van der Waals surface area contributed by atoms with Gasteiger partial charge in [-0.1, -0.05) is 0 Å². The van der Waals surface area contributed by atoms with Crippen molar-refractivity contribution in [2.24, 2.45) is 0 Å². The molecule has 1 aromatic carbocycles. The van der Waals surface area contributed by atoms with Gasteiger partial charge < -0.3 is 9.88 Å². The number of anilines is 1. The monoisotopic (exact) mass is 367 g/mol. The fraction of sp³-hybridized carbons (Fsp3) is 0.118. The summed E-state index contributed by atoms with van der Waals surface area (Å²) < 4.78 is 0.600. The van der Waals surface area contributed by atoms with Crippen LogP contribution in [0.3, 0.4) is 0 Å². The largest absolute Gasteiger partial charge is 0.367 e. The van der Waals surface area contributed by atoms with E-state index in [0.29, 0.717) is 28.0 Å². The molecule has 0 aliphatic carbocycles. The van der Waals surface area contributed by atoms with Crippen LogP contribution in [0.25, 0.3) is 21.0 Å². The van der Waals surface area contributed by atoms with Crippen molar-refractivity contribution in [2.45, 2.75) is 6.54 Å². The van der Waals surface area contributed by atoms with E-state index in [1.807, 2.05) is 23.4 Å². The van der Waals surface area contributed by atoms with Crippen LogP contribution in [-0.4, -0.2) is 26.9 Å². The zero-order valence-electron chi connectivity index (χ0n) is 13.7. The summed E-state index contributed by atoms with van der Waals surface area (Å²) in [7, 11) is 1.85. The van der Waals surface area contributed by atoms with E-state index in [2.05, 4.69) is 15.0 Å². The molecule has 9 heteroatoms. The number of hydrogen-bond donors (Lipinski definition) is 1. The maximum absolute atomic E-state index is 12.1. The standard InChI is InChI=1S/C17H13N5O3S/c1-21(9-15-19-12-5-7-26-16(12)17(23)20-15)13-2-3-14(22(24)25)11-8-18-6-4-10(11)13/h2-8H,9H2,1H3,(H,19,20,23). The van der Waals surface area contributed by atoms with E-state index < -0.39 is 4.92 Å². The van der Waals surface area contributed by atoms with Gasteiger partial charge >= 0.3 is 0 Å². The molecule has 0 atom stereocenters. The molecule has 0 bridgehead atoms. The van der Waals surface area contributed by atoms with Crippen molar-refractivity contribution in [1.82, 2.24) is 15.0 Å². The third kappa shape index (κ3) is 2.68. The molecular formula is C17H13N5O3S. The van der Waals surface area contributed by atoms with Crippen molar-refractivity contribution in [2.75, 3.05) is 11.9 Å². The van der Waals surface area contributed by atoms with Gasteiger partial charge in [-0.05, 0) is 23.6 Å². The Morgan fingerprint density at radius 1 is 1.27 bits per heavy atom. The molecule has 0 unspecified atom stereocenters. The fourth-order valence-electron chi connectivity index (χ4n) is 2.96. The number of non-ortho nitro benzene ring substituents is 1. The topological polar surface area (TPSA) is 105 Å². The van der Waals surface area contributed by atoms with Gasteiger partial charge in [0, 0.05) is 36.6 Å². The van der Waals surface area contributed by atoms with Gasteiger partial charge in [-0.15, -0.1) is 11.3 Å². The lowest BCUT2D eigenvalue weighted by Gasteiger charge is -2.20. The minimum absolute atomic E-state index is 0.0106. The number of nitro benzene ring substituents is 1. The Morgan fingerprint density at radius 2 is 2.12 bits per heavy atom. The maximum Gasteiger partial charge on any atom is 0.278 e. The van der Waals surface area contributed by atoms with Gasteiger partial charge in [-0.2, -0.15) is 0 Å². The quantitative estimate of drug-likeness (QED) is 0.439. The molecule has 4 aromatic rings. The van der Waals surface area contributed by atoms with Crippen LogP contribution in [0.2, 0.25) is 0 Å². The molecular weight excluding hydrogens is 354 g/mol. The summed E-state index contributed by atoms with van der Waals surface area (Å²) in [5, 5.41) is 14.3. The number of rotatable bonds is 4. The van der Waals surface area contributed by atoms with Crippen LogP contribution in [0, 0.1) is 10.1 Å². The first-order chi connectivity index (χ1) is 12.5. The van der Waals surface area contributed by atoms with Crippen LogP contribution >= 0.6 is 11.3 Å². The van der Waals surface area contributed by atoms with E-state index in [-0.39, 0.29) is 11.2 Å². The lowest BCUT2D eigenvalue weighted by Crippen LogP contribution is -2.21. The zero-order chi connectivity index (χ0) is 18.3. The van der Waals surface area contributed by atoms with Crippen molar-refractivity contribution in [3.8, 4) is 0 Å². The smallest absolute Gasteiger partial charge is 0.278 e. The molecule has 0 saturated heterocycles. The molecule has 26 heavy (non-hydrogen) atoms. The Kier molecular flexibility index (Phi) is 3.85. The van der Waals surface area contributed by atoms with Gasteiger partial charge in [0.1, 0.15) is 10.5 Å². The van der Waals surface area contributed by atoms with Gasteiger partial charge in [-0.3, -0.25) is 19.9 Å². The van der Waals surface area contributed by atoms with Gasteiger partial charge in [-0.25, -0.2) is 4.98 Å². The number of nitrogens with one attached hydrogen (secondary N) is 1. The summed E-state index contributed by atoms with van der Waals surface area (Å²) >= 11 is 1.35. The first-order valence-electron chi connectivity index (χ1n) is 7.73. The average molecular weight is 367 g/mol. The van der Waals surface area contributed by atoms with Crippen molar-refractivity contribution >= 4 is 43.7 Å². The maximum atomic E-state index is 12.1. The summed E-state index contributed by atoms with van der Waals surface area (Å²) in [4.78, 5) is 36.1. The van der Waals surface area contributed by atoms with Crippen LogP contribution in [-0.2, 0) is 6.54 Å². The molecule has 0 saturated carbocycles. The molecule has 1 N–H and O–H groups in total. The van der Waals surface area contributed by atoms with Gasteiger partial charge in [0.2, 0.25) is 0 Å². The van der Waals surface area contributed by atoms with Gasteiger partial charge in [0.15, 0.2) is 0 Å². The first-order valence-corrected chi connectivity index (χ1v) is 8.61. The molecule has 3 aromatic heterocycles. The molecule has 0 aliphatic rings. The Hall–Kier alpha value is -3.33. The number of thiophene rings is 1. The van der Waals surface area contributed by atoms with E-state index in [1.54, 1.807) is 18.3 Å². The van der Waals surface area contributed by atoms with Crippen molar-refractivity contribution in [3.05, 3.63) is 68.3 Å². The Labute approximate surface area is 150 Å². The molecule has 0 spiro atoms. The number of aromatic nitrogens is 3. The van der Waals surface area contributed by atoms with Crippen LogP contribution in [0.1, 0.15) is 5.82 Å².